The fourth-order valence-corrected chi connectivity index (χ4v) is 2.03. The lowest BCUT2D eigenvalue weighted by atomic mass is 10.1. The average Bonchev–Trinajstić information content (AvgIpc) is 3.08. The topological polar surface area (TPSA) is 46.3 Å². The number of carbonyl (C=O) groups is 1. The van der Waals surface area contributed by atoms with Crippen molar-refractivity contribution in [1.82, 2.24) is 4.90 Å². The molecule has 1 saturated carbocycles. The van der Waals surface area contributed by atoms with Gasteiger partial charge < -0.3 is 10.6 Å². The van der Waals surface area contributed by atoms with Crippen LogP contribution in [-0.4, -0.2) is 22.9 Å². The van der Waals surface area contributed by atoms with Gasteiger partial charge in [0.1, 0.15) is 5.82 Å². The van der Waals surface area contributed by atoms with Crippen LogP contribution >= 0.6 is 12.4 Å². The molecule has 2 N–H and O–H groups in total. The zero-order valence-electron chi connectivity index (χ0n) is 11.0. The molecule has 1 amide bonds. The van der Waals surface area contributed by atoms with Crippen LogP contribution in [0.25, 0.3) is 0 Å². The van der Waals surface area contributed by atoms with Gasteiger partial charge in [-0.3, -0.25) is 4.79 Å². The van der Waals surface area contributed by atoms with Crippen LogP contribution in [-0.2, 0) is 11.3 Å². The van der Waals surface area contributed by atoms with E-state index in [9.17, 15) is 9.18 Å². The molecule has 2 rings (SSSR count). The lowest BCUT2D eigenvalue weighted by Gasteiger charge is -2.23. The summed E-state index contributed by atoms with van der Waals surface area (Å²) in [6, 6.07) is 6.60. The molecule has 1 aliphatic carbocycles. The number of rotatable bonds is 5. The van der Waals surface area contributed by atoms with Gasteiger partial charge in [0.15, 0.2) is 0 Å². The average molecular weight is 287 g/mol. The van der Waals surface area contributed by atoms with Gasteiger partial charge in [0, 0.05) is 25.0 Å². The number of nitrogens with zero attached hydrogens (tertiary/aromatic N) is 1. The lowest BCUT2D eigenvalue weighted by molar-refractivity contribution is -0.132. The maximum atomic E-state index is 13.1. The molecular formula is C14H20ClFN2O. The maximum absolute atomic E-state index is 13.1. The molecule has 1 aromatic carbocycles. The number of benzene rings is 1. The first-order valence-electron chi connectivity index (χ1n) is 6.36. The molecule has 0 saturated heterocycles. The zero-order valence-corrected chi connectivity index (χ0v) is 11.8. The van der Waals surface area contributed by atoms with Crippen LogP contribution in [0.3, 0.4) is 0 Å². The van der Waals surface area contributed by atoms with Crippen LogP contribution in [0.5, 0.6) is 0 Å². The molecule has 5 heteroatoms. The highest BCUT2D eigenvalue weighted by Crippen LogP contribution is 2.29. The highest BCUT2D eigenvalue weighted by atomic mass is 35.5. The molecule has 0 aliphatic heterocycles. The van der Waals surface area contributed by atoms with Gasteiger partial charge in [0.25, 0.3) is 0 Å². The molecule has 1 aromatic rings. The monoisotopic (exact) mass is 286 g/mol. The second kappa shape index (κ2) is 6.87. The van der Waals surface area contributed by atoms with E-state index in [0.717, 1.165) is 18.4 Å². The minimum absolute atomic E-state index is 0. The summed E-state index contributed by atoms with van der Waals surface area (Å²) in [5.74, 6) is -0.195. The van der Waals surface area contributed by atoms with E-state index in [1.54, 1.807) is 6.07 Å². The largest absolute Gasteiger partial charge is 0.335 e. The Balaban J connectivity index is 0.00000180. The summed E-state index contributed by atoms with van der Waals surface area (Å²) in [6.45, 7) is 2.30. The van der Waals surface area contributed by atoms with E-state index >= 15 is 0 Å². The van der Waals surface area contributed by atoms with E-state index in [1.807, 2.05) is 17.9 Å². The van der Waals surface area contributed by atoms with Gasteiger partial charge in [-0.05, 0) is 37.5 Å². The van der Waals surface area contributed by atoms with Crippen molar-refractivity contribution in [2.75, 3.05) is 0 Å². The standard InChI is InChI=1S/C14H19FN2O.ClH/c1-10(16)7-14(18)17(13-5-6-13)9-11-3-2-4-12(15)8-11;/h2-4,8,10,13H,5-7,9,16H2,1H3;1H. The molecule has 1 unspecified atom stereocenters. The van der Waals surface area contributed by atoms with E-state index in [0.29, 0.717) is 19.0 Å². The summed E-state index contributed by atoms with van der Waals surface area (Å²) in [4.78, 5) is 13.9. The van der Waals surface area contributed by atoms with Gasteiger partial charge in [-0.25, -0.2) is 4.39 Å². The van der Waals surface area contributed by atoms with Gasteiger partial charge in [-0.2, -0.15) is 0 Å². The van der Waals surface area contributed by atoms with Crippen molar-refractivity contribution < 1.29 is 9.18 Å². The van der Waals surface area contributed by atoms with Crippen LogP contribution in [0, 0.1) is 5.82 Å². The van der Waals surface area contributed by atoms with Crippen molar-refractivity contribution in [3.8, 4) is 0 Å². The minimum atomic E-state index is -0.261. The Bertz CT molecular complexity index is 435. The van der Waals surface area contributed by atoms with Crippen LogP contribution in [0.2, 0.25) is 0 Å². The van der Waals surface area contributed by atoms with Crippen molar-refractivity contribution in [1.29, 1.82) is 0 Å². The van der Waals surface area contributed by atoms with Crippen LogP contribution in [0.1, 0.15) is 31.7 Å². The lowest BCUT2D eigenvalue weighted by Crippen LogP contribution is -2.36. The summed E-state index contributed by atoms with van der Waals surface area (Å²) in [5.41, 5.74) is 6.49. The molecule has 0 bridgehead atoms. The highest BCUT2D eigenvalue weighted by molar-refractivity contribution is 5.85. The zero-order chi connectivity index (χ0) is 13.1. The van der Waals surface area contributed by atoms with E-state index in [-0.39, 0.29) is 30.2 Å². The molecule has 106 valence electrons. The third-order valence-electron chi connectivity index (χ3n) is 3.05. The Morgan fingerprint density at radius 1 is 1.53 bits per heavy atom. The molecule has 0 aromatic heterocycles. The summed E-state index contributed by atoms with van der Waals surface area (Å²) < 4.78 is 13.1. The SMILES string of the molecule is CC(N)CC(=O)N(Cc1cccc(F)c1)C1CC1.Cl. The predicted molar refractivity (Wildman–Crippen MR) is 75.5 cm³/mol. The second-order valence-electron chi connectivity index (χ2n) is 5.06. The normalized spacial score (nSPS) is 15.5. The van der Waals surface area contributed by atoms with Crippen molar-refractivity contribution in [2.24, 2.45) is 5.73 Å². The van der Waals surface area contributed by atoms with Crippen LogP contribution in [0.15, 0.2) is 24.3 Å². The minimum Gasteiger partial charge on any atom is -0.335 e. The van der Waals surface area contributed by atoms with Gasteiger partial charge in [-0.15, -0.1) is 12.4 Å². The number of hydrogen-bond acceptors (Lipinski definition) is 2. The summed E-state index contributed by atoms with van der Waals surface area (Å²) in [6.07, 6.45) is 2.44. The Labute approximate surface area is 119 Å². The number of hydrogen-bond donors (Lipinski definition) is 1. The Kier molecular flexibility index (Phi) is 5.76. The summed E-state index contributed by atoms with van der Waals surface area (Å²) in [7, 11) is 0. The van der Waals surface area contributed by atoms with Gasteiger partial charge in [0.05, 0.1) is 0 Å². The Morgan fingerprint density at radius 2 is 2.21 bits per heavy atom. The fraction of sp³-hybridized carbons (Fsp3) is 0.500. The van der Waals surface area contributed by atoms with Crippen molar-refractivity contribution >= 4 is 18.3 Å². The quantitative estimate of drug-likeness (QED) is 0.904. The molecule has 1 fully saturated rings. The van der Waals surface area contributed by atoms with E-state index in [4.69, 9.17) is 5.73 Å². The van der Waals surface area contributed by atoms with Crippen molar-refractivity contribution in [2.45, 2.75) is 44.8 Å². The number of carbonyl (C=O) groups excluding carboxylic acids is 1. The predicted octanol–water partition coefficient (Wildman–Crippen LogP) is 2.48. The molecule has 0 radical (unpaired) electrons. The molecule has 1 atom stereocenters. The third-order valence-corrected chi connectivity index (χ3v) is 3.05. The molecule has 0 spiro atoms. The highest BCUT2D eigenvalue weighted by Gasteiger charge is 2.32. The van der Waals surface area contributed by atoms with Gasteiger partial charge >= 0.3 is 0 Å². The number of halogens is 2. The van der Waals surface area contributed by atoms with Gasteiger partial charge in [0.2, 0.25) is 5.91 Å². The van der Waals surface area contributed by atoms with E-state index in [2.05, 4.69) is 0 Å². The Hall–Kier alpha value is -1.13. The molecular weight excluding hydrogens is 267 g/mol. The van der Waals surface area contributed by atoms with Crippen molar-refractivity contribution in [3.63, 3.8) is 0 Å². The smallest absolute Gasteiger partial charge is 0.224 e. The van der Waals surface area contributed by atoms with E-state index < -0.39 is 0 Å². The van der Waals surface area contributed by atoms with Crippen LogP contribution in [0.4, 0.5) is 4.39 Å². The third kappa shape index (κ3) is 4.80. The maximum Gasteiger partial charge on any atom is 0.224 e. The first kappa shape index (κ1) is 15.9. The van der Waals surface area contributed by atoms with Gasteiger partial charge in [-0.1, -0.05) is 12.1 Å². The first-order valence-corrected chi connectivity index (χ1v) is 6.36. The Morgan fingerprint density at radius 3 is 2.74 bits per heavy atom. The summed E-state index contributed by atoms with van der Waals surface area (Å²) >= 11 is 0. The molecule has 0 heterocycles. The second-order valence-corrected chi connectivity index (χ2v) is 5.06. The van der Waals surface area contributed by atoms with E-state index in [1.165, 1.54) is 12.1 Å². The summed E-state index contributed by atoms with van der Waals surface area (Å²) in [5, 5.41) is 0. The fourth-order valence-electron chi connectivity index (χ4n) is 2.03. The number of amides is 1. The first-order chi connectivity index (χ1) is 8.56. The molecule has 3 nitrogen and oxygen atoms in total. The van der Waals surface area contributed by atoms with Crippen molar-refractivity contribution in [3.05, 3.63) is 35.6 Å². The molecule has 19 heavy (non-hydrogen) atoms. The molecule has 1 aliphatic rings. The number of nitrogens with two attached hydrogens (primary N) is 1. The van der Waals surface area contributed by atoms with Crippen LogP contribution < -0.4 is 5.73 Å².